The number of rotatable bonds is 5. The van der Waals surface area contributed by atoms with Crippen molar-refractivity contribution in [3.05, 3.63) is 29.5 Å². The Morgan fingerprint density at radius 3 is 2.86 bits per heavy atom. The number of aromatic amines is 1. The zero-order valence-corrected chi connectivity index (χ0v) is 12.9. The van der Waals surface area contributed by atoms with Crippen molar-refractivity contribution in [2.45, 2.75) is 39.2 Å². The third-order valence-electron chi connectivity index (χ3n) is 3.78. The normalized spacial score (nSPS) is 16.0. The molecule has 0 aromatic carbocycles. The van der Waals surface area contributed by atoms with Crippen molar-refractivity contribution in [3.8, 4) is 0 Å². The average Bonchev–Trinajstić information content (AvgIpc) is 3.13. The summed E-state index contributed by atoms with van der Waals surface area (Å²) in [6.07, 6.45) is 4.17. The Hall–Kier alpha value is -2.18. The lowest BCUT2D eigenvalue weighted by Crippen LogP contribution is -2.24. The van der Waals surface area contributed by atoms with Crippen LogP contribution >= 0.6 is 0 Å². The highest BCUT2D eigenvalue weighted by atomic mass is 19.1. The Kier molecular flexibility index (Phi) is 4.22. The van der Waals surface area contributed by atoms with Crippen LogP contribution in [0.4, 0.5) is 16.2 Å². The van der Waals surface area contributed by atoms with Gasteiger partial charge in [-0.3, -0.25) is 5.10 Å². The fraction of sp³-hybridized carbons (Fsp3) is 0.533. The first-order chi connectivity index (χ1) is 10.6. The van der Waals surface area contributed by atoms with Gasteiger partial charge in [-0.1, -0.05) is 0 Å². The molecular weight excluding hydrogens is 283 g/mol. The minimum absolute atomic E-state index is 0.111. The number of aromatic nitrogens is 4. The molecule has 2 N–H and O–H groups in total. The molecule has 0 amide bonds. The minimum atomic E-state index is -0.358. The van der Waals surface area contributed by atoms with Crippen LogP contribution in [0, 0.1) is 12.7 Å². The van der Waals surface area contributed by atoms with E-state index in [0.717, 1.165) is 43.7 Å². The second kappa shape index (κ2) is 6.29. The average molecular weight is 304 g/mol. The summed E-state index contributed by atoms with van der Waals surface area (Å²) in [5, 5.41) is 10.4. The second-order valence-electron chi connectivity index (χ2n) is 5.85. The molecule has 7 heteroatoms. The molecule has 22 heavy (non-hydrogen) atoms. The molecule has 1 unspecified atom stereocenters. The van der Waals surface area contributed by atoms with Gasteiger partial charge in [0, 0.05) is 31.2 Å². The Bertz CT molecular complexity index is 635. The van der Waals surface area contributed by atoms with E-state index in [1.807, 2.05) is 24.8 Å². The van der Waals surface area contributed by atoms with Crippen LogP contribution in [0.2, 0.25) is 0 Å². The van der Waals surface area contributed by atoms with E-state index >= 15 is 0 Å². The highest BCUT2D eigenvalue weighted by Gasteiger charge is 2.19. The summed E-state index contributed by atoms with van der Waals surface area (Å²) in [4.78, 5) is 10.4. The summed E-state index contributed by atoms with van der Waals surface area (Å²) in [5.41, 5.74) is 2.02. The lowest BCUT2D eigenvalue weighted by atomic mass is 10.2. The van der Waals surface area contributed by atoms with Gasteiger partial charge in [0.2, 0.25) is 5.95 Å². The summed E-state index contributed by atoms with van der Waals surface area (Å²) in [7, 11) is 0. The maximum atomic E-state index is 13.9. The number of nitrogens with zero attached hydrogens (tertiary/aromatic N) is 4. The number of nitrogens with one attached hydrogen (secondary N) is 2. The molecule has 1 saturated heterocycles. The Morgan fingerprint density at radius 2 is 2.18 bits per heavy atom. The molecule has 118 valence electrons. The van der Waals surface area contributed by atoms with Crippen LogP contribution < -0.4 is 10.2 Å². The quantitative estimate of drug-likeness (QED) is 0.887. The monoisotopic (exact) mass is 304 g/mol. The second-order valence-corrected chi connectivity index (χ2v) is 5.85. The molecule has 1 aliphatic rings. The Balaban J connectivity index is 1.67. The van der Waals surface area contributed by atoms with Crippen LogP contribution in [0.25, 0.3) is 0 Å². The predicted molar refractivity (Wildman–Crippen MR) is 83.6 cm³/mol. The van der Waals surface area contributed by atoms with E-state index in [1.54, 1.807) is 0 Å². The van der Waals surface area contributed by atoms with E-state index in [1.165, 1.54) is 6.20 Å². The van der Waals surface area contributed by atoms with E-state index in [4.69, 9.17) is 0 Å². The molecule has 1 fully saturated rings. The molecule has 3 rings (SSSR count). The molecule has 1 aliphatic heterocycles. The van der Waals surface area contributed by atoms with Crippen LogP contribution in [-0.4, -0.2) is 39.3 Å². The number of aryl methyl sites for hydroxylation is 1. The molecule has 0 aliphatic carbocycles. The van der Waals surface area contributed by atoms with Gasteiger partial charge in [-0.2, -0.15) is 10.1 Å². The first kappa shape index (κ1) is 14.7. The van der Waals surface area contributed by atoms with E-state index in [2.05, 4.69) is 25.5 Å². The van der Waals surface area contributed by atoms with Crippen molar-refractivity contribution in [3.63, 3.8) is 0 Å². The van der Waals surface area contributed by atoms with Gasteiger partial charge >= 0.3 is 0 Å². The van der Waals surface area contributed by atoms with Crippen molar-refractivity contribution in [1.29, 1.82) is 0 Å². The maximum absolute atomic E-state index is 13.9. The van der Waals surface area contributed by atoms with E-state index in [9.17, 15) is 4.39 Å². The third kappa shape index (κ3) is 3.35. The molecule has 2 aromatic rings. The molecule has 0 bridgehead atoms. The first-order valence-corrected chi connectivity index (χ1v) is 7.67. The van der Waals surface area contributed by atoms with E-state index in [0.29, 0.717) is 11.8 Å². The maximum Gasteiger partial charge on any atom is 0.225 e. The Labute approximate surface area is 129 Å². The van der Waals surface area contributed by atoms with Crippen LogP contribution in [0.15, 0.2) is 12.3 Å². The summed E-state index contributed by atoms with van der Waals surface area (Å²) >= 11 is 0. The minimum Gasteiger partial charge on any atom is -0.354 e. The van der Waals surface area contributed by atoms with Crippen molar-refractivity contribution < 1.29 is 4.39 Å². The number of hydrogen-bond donors (Lipinski definition) is 2. The van der Waals surface area contributed by atoms with Crippen molar-refractivity contribution in [1.82, 2.24) is 20.2 Å². The number of H-pyrrole nitrogens is 1. The van der Waals surface area contributed by atoms with Gasteiger partial charge in [-0.05, 0) is 32.8 Å². The summed E-state index contributed by atoms with van der Waals surface area (Å²) in [6.45, 7) is 5.72. The SMILES string of the molecule is Cc1cc(CC(C)Nc2ncc(F)c(N3CCCC3)n2)n[nH]1. The molecule has 0 radical (unpaired) electrons. The zero-order valence-electron chi connectivity index (χ0n) is 12.9. The van der Waals surface area contributed by atoms with E-state index < -0.39 is 0 Å². The van der Waals surface area contributed by atoms with Gasteiger partial charge in [0.25, 0.3) is 0 Å². The van der Waals surface area contributed by atoms with Crippen LogP contribution in [0.5, 0.6) is 0 Å². The lowest BCUT2D eigenvalue weighted by Gasteiger charge is -2.19. The van der Waals surface area contributed by atoms with Gasteiger partial charge in [0.05, 0.1) is 11.9 Å². The number of hydrogen-bond acceptors (Lipinski definition) is 5. The first-order valence-electron chi connectivity index (χ1n) is 7.67. The van der Waals surface area contributed by atoms with Crippen LogP contribution in [-0.2, 0) is 6.42 Å². The number of halogens is 1. The smallest absolute Gasteiger partial charge is 0.225 e. The molecule has 1 atom stereocenters. The van der Waals surface area contributed by atoms with Crippen LogP contribution in [0.1, 0.15) is 31.2 Å². The molecule has 2 aromatic heterocycles. The lowest BCUT2D eigenvalue weighted by molar-refractivity contribution is 0.607. The van der Waals surface area contributed by atoms with Crippen molar-refractivity contribution >= 4 is 11.8 Å². The van der Waals surface area contributed by atoms with Gasteiger partial charge in [-0.15, -0.1) is 0 Å². The molecule has 0 spiro atoms. The summed E-state index contributed by atoms with van der Waals surface area (Å²) in [5.74, 6) is 0.504. The topological polar surface area (TPSA) is 69.7 Å². The van der Waals surface area contributed by atoms with Gasteiger partial charge in [-0.25, -0.2) is 9.37 Å². The molecular formula is C15H21FN6. The van der Waals surface area contributed by atoms with Crippen molar-refractivity contribution in [2.24, 2.45) is 0 Å². The van der Waals surface area contributed by atoms with Gasteiger partial charge in [0.1, 0.15) is 0 Å². The fourth-order valence-electron chi connectivity index (χ4n) is 2.74. The van der Waals surface area contributed by atoms with Gasteiger partial charge < -0.3 is 10.2 Å². The molecule has 3 heterocycles. The highest BCUT2D eigenvalue weighted by Crippen LogP contribution is 2.22. The Morgan fingerprint density at radius 1 is 1.41 bits per heavy atom. The van der Waals surface area contributed by atoms with Crippen LogP contribution in [0.3, 0.4) is 0 Å². The predicted octanol–water partition coefficient (Wildman–Crippen LogP) is 2.29. The standard InChI is InChI=1S/C15H21FN6/c1-10(7-12-8-11(2)20-21-12)18-15-17-9-13(16)14(19-15)22-5-3-4-6-22/h8-10H,3-7H2,1-2H3,(H,20,21)(H,17,18,19). The van der Waals surface area contributed by atoms with E-state index in [-0.39, 0.29) is 11.9 Å². The van der Waals surface area contributed by atoms with Gasteiger partial charge in [0.15, 0.2) is 11.6 Å². The zero-order chi connectivity index (χ0) is 15.5. The third-order valence-corrected chi connectivity index (χ3v) is 3.78. The fourth-order valence-corrected chi connectivity index (χ4v) is 2.74. The largest absolute Gasteiger partial charge is 0.354 e. The van der Waals surface area contributed by atoms with Crippen molar-refractivity contribution in [2.75, 3.05) is 23.3 Å². The summed E-state index contributed by atoms with van der Waals surface area (Å²) in [6, 6.07) is 2.12. The highest BCUT2D eigenvalue weighted by molar-refractivity contribution is 5.45. The molecule has 0 saturated carbocycles. The molecule has 6 nitrogen and oxygen atoms in total. The number of anilines is 2. The summed E-state index contributed by atoms with van der Waals surface area (Å²) < 4.78 is 13.9.